The Hall–Kier alpha value is -2.89. The Morgan fingerprint density at radius 1 is 1.21 bits per heavy atom. The highest BCUT2D eigenvalue weighted by Gasteiger charge is 2.27. The largest absolute Gasteiger partial charge is 0.467 e. The fourth-order valence-electron chi connectivity index (χ4n) is 4.44. The summed E-state index contributed by atoms with van der Waals surface area (Å²) in [6.45, 7) is 5.81. The first kappa shape index (κ1) is 24.7. The average Bonchev–Trinajstić information content (AvgIpc) is 3.34. The van der Waals surface area contributed by atoms with Gasteiger partial charge in [0, 0.05) is 32.7 Å². The van der Waals surface area contributed by atoms with Gasteiger partial charge in [-0.1, -0.05) is 32.6 Å². The highest BCUT2D eigenvalue weighted by Crippen LogP contribution is 2.30. The number of hydrazine groups is 1. The van der Waals surface area contributed by atoms with Crippen molar-refractivity contribution < 1.29 is 23.8 Å². The molecule has 1 aliphatic carbocycles. The topological polar surface area (TPSA) is 132 Å². The van der Waals surface area contributed by atoms with Gasteiger partial charge in [0.25, 0.3) is 0 Å². The predicted molar refractivity (Wildman–Crippen MR) is 121 cm³/mol. The number of anilines is 2. The summed E-state index contributed by atoms with van der Waals surface area (Å²) in [6.07, 6.45) is 3.66. The molecule has 0 unspecified atom stereocenters. The second kappa shape index (κ2) is 11.8. The van der Waals surface area contributed by atoms with E-state index < -0.39 is 23.7 Å². The van der Waals surface area contributed by atoms with E-state index >= 15 is 4.39 Å². The fraction of sp³-hybridized carbons (Fsp3) is 0.714. The van der Waals surface area contributed by atoms with Crippen LogP contribution in [0.25, 0.3) is 0 Å². The van der Waals surface area contributed by atoms with Crippen molar-refractivity contribution in [2.75, 3.05) is 56.7 Å². The molecule has 1 atom stereocenters. The summed E-state index contributed by atoms with van der Waals surface area (Å²) in [5, 5.41) is 11.2. The smallest absolute Gasteiger partial charge is 0.404 e. The van der Waals surface area contributed by atoms with Crippen molar-refractivity contribution in [3.05, 3.63) is 5.82 Å². The van der Waals surface area contributed by atoms with Crippen molar-refractivity contribution in [3.8, 4) is 6.01 Å². The molecule has 2 amide bonds. The van der Waals surface area contributed by atoms with E-state index in [4.69, 9.17) is 9.84 Å². The minimum Gasteiger partial charge on any atom is -0.467 e. The van der Waals surface area contributed by atoms with Crippen LogP contribution in [0.4, 0.5) is 20.8 Å². The number of ether oxygens (including phenoxy) is 1. The van der Waals surface area contributed by atoms with Crippen LogP contribution in [0.15, 0.2) is 0 Å². The van der Waals surface area contributed by atoms with Gasteiger partial charge in [-0.3, -0.25) is 15.6 Å². The molecule has 4 N–H and O–H groups in total. The number of rotatable bonds is 10. The number of piperazine rings is 1. The molecule has 33 heavy (non-hydrogen) atoms. The first-order chi connectivity index (χ1) is 15.9. The molecule has 1 aromatic heterocycles. The molecule has 3 rings (SSSR count). The van der Waals surface area contributed by atoms with Crippen LogP contribution in [0.1, 0.15) is 39.0 Å². The van der Waals surface area contributed by atoms with Gasteiger partial charge in [-0.05, 0) is 18.9 Å². The van der Waals surface area contributed by atoms with Crippen molar-refractivity contribution in [3.63, 3.8) is 0 Å². The lowest BCUT2D eigenvalue weighted by atomic mass is 9.92. The Balaban J connectivity index is 1.68. The van der Waals surface area contributed by atoms with Crippen molar-refractivity contribution in [2.45, 2.75) is 39.0 Å². The summed E-state index contributed by atoms with van der Waals surface area (Å²) in [5.41, 5.74) is 5.06. The van der Waals surface area contributed by atoms with Crippen LogP contribution in [0.3, 0.4) is 0 Å². The summed E-state index contributed by atoms with van der Waals surface area (Å²) in [6, 6.07) is -0.0175. The number of hydrogen-bond acceptors (Lipinski definition) is 8. The molecule has 2 aliphatic rings. The van der Waals surface area contributed by atoms with Crippen LogP contribution in [-0.2, 0) is 4.79 Å². The van der Waals surface area contributed by atoms with Crippen LogP contribution in [0.5, 0.6) is 6.01 Å². The zero-order chi connectivity index (χ0) is 23.8. The van der Waals surface area contributed by atoms with E-state index in [0.29, 0.717) is 25.4 Å². The molecule has 1 aromatic rings. The second-order valence-corrected chi connectivity index (χ2v) is 8.50. The Morgan fingerprint density at radius 2 is 1.91 bits per heavy atom. The summed E-state index contributed by atoms with van der Waals surface area (Å²) in [4.78, 5) is 36.0. The lowest BCUT2D eigenvalue weighted by molar-refractivity contribution is -0.124. The average molecular weight is 468 g/mol. The van der Waals surface area contributed by atoms with Gasteiger partial charge >= 0.3 is 12.1 Å². The number of amides is 2. The van der Waals surface area contributed by atoms with Gasteiger partial charge in [0.05, 0.1) is 13.0 Å². The lowest BCUT2D eigenvalue weighted by Gasteiger charge is -2.35. The molecule has 2 heterocycles. The number of likely N-dealkylation sites (N-methyl/N-ethyl adjacent to an activating group) is 1. The van der Waals surface area contributed by atoms with Crippen molar-refractivity contribution in [1.29, 1.82) is 0 Å². The fourth-order valence-corrected chi connectivity index (χ4v) is 4.44. The quantitative estimate of drug-likeness (QED) is 0.379. The van der Waals surface area contributed by atoms with Crippen LogP contribution in [-0.4, -0.2) is 78.4 Å². The van der Waals surface area contributed by atoms with E-state index in [0.717, 1.165) is 45.3 Å². The van der Waals surface area contributed by atoms with E-state index in [1.807, 2.05) is 4.90 Å². The van der Waals surface area contributed by atoms with Gasteiger partial charge in [-0.15, -0.1) is 0 Å². The number of carbonyl (C=O) groups excluding carboxylic acids is 1. The van der Waals surface area contributed by atoms with Crippen molar-refractivity contribution >= 4 is 23.6 Å². The van der Waals surface area contributed by atoms with Gasteiger partial charge in [0.15, 0.2) is 11.6 Å². The van der Waals surface area contributed by atoms with Gasteiger partial charge < -0.3 is 25.0 Å². The number of aromatic nitrogens is 2. The molecule has 0 aromatic carbocycles. The van der Waals surface area contributed by atoms with E-state index in [2.05, 4.69) is 38.0 Å². The number of carboxylic acid groups (broad SMARTS) is 1. The Morgan fingerprint density at radius 3 is 2.52 bits per heavy atom. The Kier molecular flexibility index (Phi) is 8.87. The molecule has 1 saturated heterocycles. The van der Waals surface area contributed by atoms with Gasteiger partial charge in [0.1, 0.15) is 0 Å². The third-order valence-corrected chi connectivity index (χ3v) is 6.38. The minimum absolute atomic E-state index is 0.0120. The number of hydrogen-bond donors (Lipinski definition) is 4. The molecule has 1 aliphatic heterocycles. The van der Waals surface area contributed by atoms with Gasteiger partial charge in [-0.25, -0.2) is 4.79 Å². The first-order valence-corrected chi connectivity index (χ1v) is 11.5. The van der Waals surface area contributed by atoms with Crippen LogP contribution in [0, 0.1) is 17.7 Å². The summed E-state index contributed by atoms with van der Waals surface area (Å²) in [5.74, 6) is -1.40. The number of carbonyl (C=O) groups is 2. The number of methoxy groups -OCH3 is 1. The first-order valence-electron chi connectivity index (χ1n) is 11.5. The lowest BCUT2D eigenvalue weighted by Crippen LogP contribution is -2.47. The monoisotopic (exact) mass is 467 g/mol. The summed E-state index contributed by atoms with van der Waals surface area (Å²) >= 11 is 0. The van der Waals surface area contributed by atoms with Crippen LogP contribution < -0.4 is 25.8 Å². The molecule has 0 spiro atoms. The molecular weight excluding hydrogens is 433 g/mol. The Labute approximate surface area is 193 Å². The minimum atomic E-state index is -1.19. The zero-order valence-corrected chi connectivity index (χ0v) is 19.3. The van der Waals surface area contributed by atoms with E-state index in [1.54, 1.807) is 0 Å². The standard InChI is InChI=1S/C21H34FN7O4/c1-3-28-8-10-29(11-9-28)18-16(22)17(24-20(25-18)33-2)26-27-19(30)15(13-23-21(31)32)12-14-6-4-5-7-14/h14-15,23H,3-13H2,1-2H3,(H,27,30)(H,31,32)(H,24,25,26)/t15-/m1/s1. The van der Waals surface area contributed by atoms with Crippen molar-refractivity contribution in [2.24, 2.45) is 11.8 Å². The molecule has 11 nitrogen and oxygen atoms in total. The summed E-state index contributed by atoms with van der Waals surface area (Å²) in [7, 11) is 1.39. The highest BCUT2D eigenvalue weighted by molar-refractivity contribution is 5.80. The molecule has 184 valence electrons. The number of nitrogens with zero attached hydrogens (tertiary/aromatic N) is 4. The molecule has 0 radical (unpaired) electrons. The normalized spacial score (nSPS) is 18.1. The van der Waals surface area contributed by atoms with Crippen LogP contribution >= 0.6 is 0 Å². The zero-order valence-electron chi connectivity index (χ0n) is 19.3. The maximum Gasteiger partial charge on any atom is 0.404 e. The van der Waals surface area contributed by atoms with Gasteiger partial charge in [0.2, 0.25) is 11.7 Å². The third kappa shape index (κ3) is 6.80. The molecule has 0 bridgehead atoms. The van der Waals surface area contributed by atoms with E-state index in [-0.39, 0.29) is 24.2 Å². The molecule has 12 heteroatoms. The van der Waals surface area contributed by atoms with Crippen molar-refractivity contribution in [1.82, 2.24) is 25.6 Å². The van der Waals surface area contributed by atoms with Crippen LogP contribution in [0.2, 0.25) is 0 Å². The SMILES string of the molecule is CCN1CCN(c2nc(OC)nc(NNC(=O)[C@@H](CNC(=O)O)CC3CCCC3)c2F)CC1. The molecule has 1 saturated carbocycles. The third-order valence-electron chi connectivity index (χ3n) is 6.38. The number of halogens is 1. The van der Waals surface area contributed by atoms with E-state index in [1.165, 1.54) is 7.11 Å². The number of nitrogens with one attached hydrogen (secondary N) is 3. The highest BCUT2D eigenvalue weighted by atomic mass is 19.1. The summed E-state index contributed by atoms with van der Waals surface area (Å²) < 4.78 is 20.4. The predicted octanol–water partition coefficient (Wildman–Crippen LogP) is 1.67. The Bertz CT molecular complexity index is 814. The maximum atomic E-state index is 15.2. The maximum absolute atomic E-state index is 15.2. The second-order valence-electron chi connectivity index (χ2n) is 8.50. The van der Waals surface area contributed by atoms with Gasteiger partial charge in [-0.2, -0.15) is 14.4 Å². The molecule has 2 fully saturated rings. The van der Waals surface area contributed by atoms with E-state index in [9.17, 15) is 9.59 Å². The molecular formula is C21H34FN7O4.